The van der Waals surface area contributed by atoms with E-state index in [0.29, 0.717) is 0 Å². The SMILES string of the molecule is CCCCNc1ccc(C#CC#Cc2ccc(F)cc2)cc1. The summed E-state index contributed by atoms with van der Waals surface area (Å²) in [6.07, 6.45) is 2.35. The fourth-order valence-corrected chi connectivity index (χ4v) is 1.82. The second-order valence-corrected chi connectivity index (χ2v) is 4.86. The Balaban J connectivity index is 1.93. The van der Waals surface area contributed by atoms with Crippen LogP contribution in [0.15, 0.2) is 48.5 Å². The molecule has 0 bridgehead atoms. The molecule has 22 heavy (non-hydrogen) atoms. The van der Waals surface area contributed by atoms with Crippen molar-refractivity contribution in [3.63, 3.8) is 0 Å². The number of benzene rings is 2. The maximum atomic E-state index is 12.7. The van der Waals surface area contributed by atoms with E-state index in [1.165, 1.54) is 25.0 Å². The van der Waals surface area contributed by atoms with Crippen molar-refractivity contribution in [1.82, 2.24) is 0 Å². The summed E-state index contributed by atoms with van der Waals surface area (Å²) >= 11 is 0. The first-order valence-electron chi connectivity index (χ1n) is 7.39. The molecule has 110 valence electrons. The van der Waals surface area contributed by atoms with Crippen LogP contribution in [-0.2, 0) is 0 Å². The van der Waals surface area contributed by atoms with Gasteiger partial charge in [-0.3, -0.25) is 0 Å². The molecular formula is C20H18FN. The molecule has 0 aliphatic heterocycles. The number of nitrogens with one attached hydrogen (secondary N) is 1. The largest absolute Gasteiger partial charge is 0.385 e. The first-order valence-corrected chi connectivity index (χ1v) is 7.39. The lowest BCUT2D eigenvalue weighted by molar-refractivity contribution is 0.627. The molecule has 0 spiro atoms. The summed E-state index contributed by atoms with van der Waals surface area (Å²) in [5.41, 5.74) is 2.79. The van der Waals surface area contributed by atoms with Crippen LogP contribution < -0.4 is 5.32 Å². The van der Waals surface area contributed by atoms with Gasteiger partial charge in [-0.05, 0) is 66.8 Å². The first-order chi connectivity index (χ1) is 10.8. The molecule has 2 heteroatoms. The number of anilines is 1. The summed E-state index contributed by atoms with van der Waals surface area (Å²) in [7, 11) is 0. The van der Waals surface area contributed by atoms with Crippen LogP contribution in [0.3, 0.4) is 0 Å². The van der Waals surface area contributed by atoms with Gasteiger partial charge in [0.05, 0.1) is 0 Å². The topological polar surface area (TPSA) is 12.0 Å². The standard InChI is InChI=1S/C20H18FN/c1-2-3-16-22-20-14-10-18(11-15-20)7-5-4-6-17-8-12-19(21)13-9-17/h8-15,22H,2-3,16H2,1H3. The number of rotatable bonds is 4. The van der Waals surface area contributed by atoms with E-state index >= 15 is 0 Å². The monoisotopic (exact) mass is 291 g/mol. The van der Waals surface area contributed by atoms with Gasteiger partial charge in [-0.2, -0.15) is 0 Å². The average molecular weight is 291 g/mol. The smallest absolute Gasteiger partial charge is 0.123 e. The molecule has 0 amide bonds. The second-order valence-electron chi connectivity index (χ2n) is 4.86. The molecule has 0 aromatic heterocycles. The summed E-state index contributed by atoms with van der Waals surface area (Å²) in [5.74, 6) is 11.2. The molecule has 2 aromatic carbocycles. The molecule has 0 atom stereocenters. The van der Waals surface area contributed by atoms with Gasteiger partial charge in [-0.1, -0.05) is 25.2 Å². The molecule has 0 unspecified atom stereocenters. The Morgan fingerprint density at radius 1 is 0.864 bits per heavy atom. The highest BCUT2D eigenvalue weighted by molar-refractivity contribution is 5.50. The Kier molecular flexibility index (Phi) is 6.09. The molecule has 0 fully saturated rings. The van der Waals surface area contributed by atoms with Crippen LogP contribution in [-0.4, -0.2) is 6.54 Å². The molecule has 1 nitrogen and oxygen atoms in total. The first kappa shape index (κ1) is 15.7. The van der Waals surface area contributed by atoms with Crippen molar-refractivity contribution in [3.05, 3.63) is 65.5 Å². The van der Waals surface area contributed by atoms with Gasteiger partial charge in [-0.15, -0.1) is 0 Å². The van der Waals surface area contributed by atoms with E-state index < -0.39 is 0 Å². The summed E-state index contributed by atoms with van der Waals surface area (Å²) in [5, 5.41) is 3.36. The summed E-state index contributed by atoms with van der Waals surface area (Å²) < 4.78 is 12.7. The summed E-state index contributed by atoms with van der Waals surface area (Å²) in [6.45, 7) is 3.16. The van der Waals surface area contributed by atoms with Crippen molar-refractivity contribution in [3.8, 4) is 23.7 Å². The van der Waals surface area contributed by atoms with E-state index in [2.05, 4.69) is 35.9 Å². The van der Waals surface area contributed by atoms with Crippen LogP contribution in [0.5, 0.6) is 0 Å². The Morgan fingerprint density at radius 3 is 1.95 bits per heavy atom. The molecule has 0 heterocycles. The quantitative estimate of drug-likeness (QED) is 0.648. The minimum Gasteiger partial charge on any atom is -0.385 e. The van der Waals surface area contributed by atoms with E-state index in [1.54, 1.807) is 12.1 Å². The lowest BCUT2D eigenvalue weighted by Crippen LogP contribution is -2.00. The third kappa shape index (κ3) is 5.35. The Bertz CT molecular complexity index is 707. The zero-order valence-electron chi connectivity index (χ0n) is 12.6. The molecule has 0 radical (unpaired) electrons. The van der Waals surface area contributed by atoms with Crippen LogP contribution >= 0.6 is 0 Å². The maximum absolute atomic E-state index is 12.7. The molecule has 0 aliphatic carbocycles. The fraction of sp³-hybridized carbons (Fsp3) is 0.200. The highest BCUT2D eigenvalue weighted by Gasteiger charge is 1.91. The Labute approximate surface area is 131 Å². The van der Waals surface area contributed by atoms with Gasteiger partial charge in [0.1, 0.15) is 5.82 Å². The van der Waals surface area contributed by atoms with E-state index in [4.69, 9.17) is 0 Å². The third-order valence-electron chi connectivity index (χ3n) is 3.06. The van der Waals surface area contributed by atoms with Crippen molar-refractivity contribution >= 4 is 5.69 Å². The normalized spacial score (nSPS) is 9.18. The Hall–Kier alpha value is -2.71. The second kappa shape index (κ2) is 8.55. The van der Waals surface area contributed by atoms with Gasteiger partial charge >= 0.3 is 0 Å². The highest BCUT2D eigenvalue weighted by Crippen LogP contribution is 2.08. The van der Waals surface area contributed by atoms with Crippen LogP contribution in [0.25, 0.3) is 0 Å². The molecular weight excluding hydrogens is 273 g/mol. The van der Waals surface area contributed by atoms with E-state index in [1.807, 2.05) is 24.3 Å². The van der Waals surface area contributed by atoms with Gasteiger partial charge in [0.25, 0.3) is 0 Å². The highest BCUT2D eigenvalue weighted by atomic mass is 19.1. The fourth-order valence-electron chi connectivity index (χ4n) is 1.82. The predicted octanol–water partition coefficient (Wildman–Crippen LogP) is 4.44. The molecule has 2 rings (SSSR count). The minimum atomic E-state index is -0.260. The molecule has 0 saturated carbocycles. The van der Waals surface area contributed by atoms with Gasteiger partial charge in [0.2, 0.25) is 0 Å². The number of unbranched alkanes of at least 4 members (excludes halogenated alkanes) is 1. The van der Waals surface area contributed by atoms with Crippen LogP contribution in [0.2, 0.25) is 0 Å². The average Bonchev–Trinajstić information content (AvgIpc) is 2.55. The predicted molar refractivity (Wildman–Crippen MR) is 90.0 cm³/mol. The minimum absolute atomic E-state index is 0.260. The van der Waals surface area contributed by atoms with Crippen LogP contribution in [0.4, 0.5) is 10.1 Å². The molecule has 0 aliphatic rings. The summed E-state index contributed by atoms with van der Waals surface area (Å²) in [6, 6.07) is 14.0. The molecule has 0 saturated heterocycles. The van der Waals surface area contributed by atoms with E-state index in [-0.39, 0.29) is 5.82 Å². The molecule has 2 aromatic rings. The lowest BCUT2D eigenvalue weighted by Gasteiger charge is -2.04. The Morgan fingerprint density at radius 2 is 1.41 bits per heavy atom. The van der Waals surface area contributed by atoms with Gasteiger partial charge < -0.3 is 5.32 Å². The number of halogens is 1. The lowest BCUT2D eigenvalue weighted by atomic mass is 10.2. The van der Waals surface area contributed by atoms with Crippen molar-refractivity contribution < 1.29 is 4.39 Å². The summed E-state index contributed by atoms with van der Waals surface area (Å²) in [4.78, 5) is 0. The number of hydrogen-bond acceptors (Lipinski definition) is 1. The molecule has 1 N–H and O–H groups in total. The van der Waals surface area contributed by atoms with Gasteiger partial charge in [0.15, 0.2) is 0 Å². The van der Waals surface area contributed by atoms with Crippen molar-refractivity contribution in [2.75, 3.05) is 11.9 Å². The number of hydrogen-bond donors (Lipinski definition) is 1. The van der Waals surface area contributed by atoms with Crippen molar-refractivity contribution in [2.45, 2.75) is 19.8 Å². The van der Waals surface area contributed by atoms with E-state index in [9.17, 15) is 4.39 Å². The van der Waals surface area contributed by atoms with Crippen molar-refractivity contribution in [2.24, 2.45) is 0 Å². The van der Waals surface area contributed by atoms with Gasteiger partial charge in [0, 0.05) is 23.4 Å². The van der Waals surface area contributed by atoms with Crippen LogP contribution in [0.1, 0.15) is 30.9 Å². The zero-order chi connectivity index (χ0) is 15.6. The zero-order valence-corrected chi connectivity index (χ0v) is 12.6. The van der Waals surface area contributed by atoms with Crippen LogP contribution in [0, 0.1) is 29.5 Å². The third-order valence-corrected chi connectivity index (χ3v) is 3.06. The van der Waals surface area contributed by atoms with E-state index in [0.717, 1.165) is 23.4 Å². The van der Waals surface area contributed by atoms with Gasteiger partial charge in [-0.25, -0.2) is 4.39 Å². The van der Waals surface area contributed by atoms with Crippen molar-refractivity contribution in [1.29, 1.82) is 0 Å². The maximum Gasteiger partial charge on any atom is 0.123 e.